The van der Waals surface area contributed by atoms with E-state index in [9.17, 15) is 13.0 Å². The fourth-order valence-electron chi connectivity index (χ4n) is 8.09. The number of hydrogen-bond donors (Lipinski definition) is 0. The first-order valence-electron chi connectivity index (χ1n) is 19.3. The number of aryl methyl sites for hydroxylation is 1. The van der Waals surface area contributed by atoms with Gasteiger partial charge in [-0.15, -0.1) is 0 Å². The summed E-state index contributed by atoms with van der Waals surface area (Å²) in [5.74, 6) is 2.51. The van der Waals surface area contributed by atoms with Crippen LogP contribution in [0.4, 0.5) is 5.69 Å². The van der Waals surface area contributed by atoms with Gasteiger partial charge in [-0.3, -0.25) is 0 Å². The lowest BCUT2D eigenvalue weighted by Crippen LogP contribution is -2.48. The van der Waals surface area contributed by atoms with E-state index in [-0.39, 0.29) is 35.2 Å². The number of anilines is 1. The maximum atomic E-state index is 14.9. The first-order valence-corrected chi connectivity index (χ1v) is 22.2. The van der Waals surface area contributed by atoms with Gasteiger partial charge in [-0.1, -0.05) is 46.3 Å². The summed E-state index contributed by atoms with van der Waals surface area (Å²) in [5.41, 5.74) is 4.62. The molecule has 0 amide bonds. The zero-order valence-corrected chi connectivity index (χ0v) is 35.3. The van der Waals surface area contributed by atoms with E-state index < -0.39 is 26.1 Å². The number of ether oxygens (including phenoxy) is 3. The van der Waals surface area contributed by atoms with E-state index in [1.54, 1.807) is 26.4 Å². The molecule has 3 aliphatic rings. The first kappa shape index (κ1) is 40.5. The van der Waals surface area contributed by atoms with Crippen molar-refractivity contribution in [3.8, 4) is 17.2 Å². The molecule has 4 aromatic carbocycles. The maximum absolute atomic E-state index is 14.9. The van der Waals surface area contributed by atoms with Crippen molar-refractivity contribution in [2.75, 3.05) is 38.8 Å². The van der Waals surface area contributed by atoms with E-state index in [0.29, 0.717) is 36.9 Å². The van der Waals surface area contributed by atoms with E-state index >= 15 is 0 Å². The summed E-state index contributed by atoms with van der Waals surface area (Å²) in [6, 6.07) is 26.5. The second-order valence-electron chi connectivity index (χ2n) is 16.3. The van der Waals surface area contributed by atoms with Gasteiger partial charge in [0.2, 0.25) is 10.0 Å². The highest BCUT2D eigenvalue weighted by molar-refractivity contribution is 7.91. The minimum atomic E-state index is -4.03. The summed E-state index contributed by atoms with van der Waals surface area (Å²) in [7, 11) is -0.808. The lowest BCUT2D eigenvalue weighted by Gasteiger charge is -2.43. The molecule has 7 rings (SSSR count). The molecule has 1 saturated carbocycles. The Morgan fingerprint density at radius 1 is 0.964 bits per heavy atom. The Morgan fingerprint density at radius 3 is 2.21 bits per heavy atom. The average Bonchev–Trinajstić information content (AvgIpc) is 3.33. The van der Waals surface area contributed by atoms with Gasteiger partial charge in [0, 0.05) is 42.5 Å². The van der Waals surface area contributed by atoms with Gasteiger partial charge in [-0.25, -0.2) is 8.42 Å². The van der Waals surface area contributed by atoms with Crippen molar-refractivity contribution < 1.29 is 27.2 Å². The monoisotopic (exact) mass is 817 g/mol. The van der Waals surface area contributed by atoms with Gasteiger partial charge in [-0.2, -0.15) is 4.31 Å². The van der Waals surface area contributed by atoms with Crippen molar-refractivity contribution in [2.45, 2.75) is 81.0 Å². The molecule has 4 aromatic rings. The van der Waals surface area contributed by atoms with Gasteiger partial charge >= 0.3 is 0 Å². The van der Waals surface area contributed by atoms with Crippen LogP contribution < -0.4 is 19.1 Å². The number of hydrogen-bond acceptors (Lipinski definition) is 8. The normalized spacial score (nSPS) is 21.5. The fourth-order valence-corrected chi connectivity index (χ4v) is 10.3. The number of rotatable bonds is 12. The van der Waals surface area contributed by atoms with Gasteiger partial charge in [-0.05, 0) is 136 Å². The molecule has 0 N–H and O–H groups in total. The standard InChI is InChI=1S/C44H52ClN3O6S2/c1-43(2,3)55(49)46-25-34-12-13-35(34)28-47-29-44(22-6-7-33-23-36(45)14-20-40(33)44)30-54-42-21-19-39(24-41(42)47)56(50,51)48(26-31-8-15-37(52-4)16-9-31)27-32-10-17-38(53-5)18-11-32/h8-11,14-21,23-25,34-35H,6-7,12-13,22,26-30H2,1-5H3/b46-25+/t34-,35-,44-,55?/m0/s1. The van der Waals surface area contributed by atoms with Crippen molar-refractivity contribution in [2.24, 2.45) is 16.2 Å². The molecule has 1 spiro atoms. The van der Waals surface area contributed by atoms with Gasteiger partial charge in [0.1, 0.15) is 33.4 Å². The Balaban J connectivity index is 1.26. The first-order chi connectivity index (χ1) is 26.8. The van der Waals surface area contributed by atoms with Crippen LogP contribution >= 0.6 is 11.6 Å². The Kier molecular flexibility index (Phi) is 12.0. The molecule has 0 aromatic heterocycles. The third-order valence-electron chi connectivity index (χ3n) is 11.5. The second kappa shape index (κ2) is 16.6. The highest BCUT2D eigenvalue weighted by Crippen LogP contribution is 2.46. The molecule has 56 heavy (non-hydrogen) atoms. The van der Waals surface area contributed by atoms with Crippen LogP contribution in [0.1, 0.15) is 68.7 Å². The molecular weight excluding hydrogens is 766 g/mol. The van der Waals surface area contributed by atoms with Crippen LogP contribution in [0.3, 0.4) is 0 Å². The van der Waals surface area contributed by atoms with Gasteiger partial charge in [0.25, 0.3) is 0 Å². The zero-order valence-electron chi connectivity index (χ0n) is 32.9. The van der Waals surface area contributed by atoms with Crippen LogP contribution in [0.2, 0.25) is 5.02 Å². The maximum Gasteiger partial charge on any atom is 0.243 e. The Bertz CT molecular complexity index is 2090. The molecule has 9 nitrogen and oxygen atoms in total. The van der Waals surface area contributed by atoms with Crippen LogP contribution in [0.5, 0.6) is 17.2 Å². The Labute approximate surface area is 340 Å². The van der Waals surface area contributed by atoms with Crippen molar-refractivity contribution >= 4 is 44.9 Å². The average molecular weight is 819 g/mol. The van der Waals surface area contributed by atoms with Crippen LogP contribution in [0.15, 0.2) is 94.2 Å². The molecule has 12 heteroatoms. The Morgan fingerprint density at radius 2 is 1.62 bits per heavy atom. The predicted octanol–water partition coefficient (Wildman–Crippen LogP) is 8.78. The molecule has 1 heterocycles. The molecule has 0 radical (unpaired) electrons. The van der Waals surface area contributed by atoms with E-state index in [2.05, 4.69) is 21.4 Å². The second-order valence-corrected chi connectivity index (χ2v) is 20.6. The molecule has 1 unspecified atom stereocenters. The lowest BCUT2D eigenvalue weighted by molar-refractivity contribution is 0.201. The summed E-state index contributed by atoms with van der Waals surface area (Å²) in [6.45, 7) is 7.94. The third kappa shape index (κ3) is 8.72. The zero-order chi connectivity index (χ0) is 39.7. The smallest absolute Gasteiger partial charge is 0.243 e. The van der Waals surface area contributed by atoms with Crippen molar-refractivity contribution in [1.82, 2.24) is 4.31 Å². The van der Waals surface area contributed by atoms with E-state index in [1.807, 2.05) is 87.6 Å². The number of nitrogens with zero attached hydrogens (tertiary/aromatic N) is 3. The summed E-state index contributed by atoms with van der Waals surface area (Å²) < 4.78 is 65.6. The van der Waals surface area contributed by atoms with Crippen molar-refractivity contribution in [3.63, 3.8) is 0 Å². The number of sulfonamides is 1. The van der Waals surface area contributed by atoms with E-state index in [1.165, 1.54) is 15.4 Å². The number of fused-ring (bicyclic) bond motifs is 3. The SMILES string of the molecule is COc1ccc(CN(Cc2ccc(OC)cc2)S(=O)(=O)c2ccc3c(c2)N(C[C@@H]2CC[C@H]2/C=N/[S+]([O-])C(C)(C)C)C[C@@]2(CCCc4cc(Cl)ccc42)CO3)cc1. The van der Waals surface area contributed by atoms with Gasteiger partial charge < -0.3 is 23.7 Å². The highest BCUT2D eigenvalue weighted by atomic mass is 35.5. The van der Waals surface area contributed by atoms with Gasteiger partial charge in [0.15, 0.2) is 0 Å². The molecule has 0 bridgehead atoms. The van der Waals surface area contributed by atoms with Crippen molar-refractivity contribution in [3.05, 3.63) is 112 Å². The minimum Gasteiger partial charge on any atom is -0.591 e. The van der Waals surface area contributed by atoms with E-state index in [4.69, 9.17) is 25.8 Å². The largest absolute Gasteiger partial charge is 0.591 e. The molecule has 0 saturated heterocycles. The molecule has 2 aliphatic carbocycles. The van der Waals surface area contributed by atoms with Crippen LogP contribution in [-0.2, 0) is 46.3 Å². The summed E-state index contributed by atoms with van der Waals surface area (Å²) >= 11 is 5.16. The lowest BCUT2D eigenvalue weighted by atomic mass is 9.69. The van der Waals surface area contributed by atoms with Crippen LogP contribution in [0, 0.1) is 11.8 Å². The Hall–Kier alpha value is -3.74. The summed E-state index contributed by atoms with van der Waals surface area (Å²) in [4.78, 5) is 2.55. The van der Waals surface area contributed by atoms with Gasteiger partial charge in [0.05, 0.1) is 37.6 Å². The quantitative estimate of drug-likeness (QED) is 0.104. The molecular formula is C44H52ClN3O6S2. The molecule has 1 aliphatic heterocycles. The van der Waals surface area contributed by atoms with Crippen molar-refractivity contribution in [1.29, 1.82) is 0 Å². The predicted molar refractivity (Wildman–Crippen MR) is 225 cm³/mol. The summed E-state index contributed by atoms with van der Waals surface area (Å²) in [6.07, 6.45) is 6.77. The number of methoxy groups -OCH3 is 2. The molecule has 4 atom stereocenters. The topological polar surface area (TPSA) is 104 Å². The molecule has 298 valence electrons. The fraction of sp³-hybridized carbons (Fsp3) is 0.432. The number of halogens is 1. The van der Waals surface area contributed by atoms with E-state index in [0.717, 1.165) is 53.9 Å². The van der Waals surface area contributed by atoms with Crippen LogP contribution in [0.25, 0.3) is 0 Å². The van der Waals surface area contributed by atoms with Crippen LogP contribution in [-0.4, -0.2) is 62.2 Å². The third-order valence-corrected chi connectivity index (χ3v) is 14.9. The highest BCUT2D eigenvalue weighted by Gasteiger charge is 2.44. The summed E-state index contributed by atoms with van der Waals surface area (Å²) in [5, 5.41) is 0.725. The minimum absolute atomic E-state index is 0.164. The number of benzene rings is 4. The molecule has 1 fully saturated rings.